The van der Waals surface area contributed by atoms with Crippen LogP contribution in [0.2, 0.25) is 0 Å². The van der Waals surface area contributed by atoms with Crippen molar-refractivity contribution in [3.63, 3.8) is 0 Å². The summed E-state index contributed by atoms with van der Waals surface area (Å²) >= 11 is 0. The van der Waals surface area contributed by atoms with E-state index in [4.69, 9.17) is 9.47 Å². The Labute approximate surface area is 233 Å². The molecule has 1 aliphatic carbocycles. The summed E-state index contributed by atoms with van der Waals surface area (Å²) < 4.78 is 28.0. The van der Waals surface area contributed by atoms with Gasteiger partial charge in [0.05, 0.1) is 29.9 Å². The average Bonchev–Trinajstić information content (AvgIpc) is 3.36. The van der Waals surface area contributed by atoms with Gasteiger partial charge in [-0.25, -0.2) is 4.39 Å². The summed E-state index contributed by atoms with van der Waals surface area (Å²) in [7, 11) is 2.84. The monoisotopic (exact) mass is 543 g/mol. The first-order valence-corrected chi connectivity index (χ1v) is 13.6. The van der Waals surface area contributed by atoms with Gasteiger partial charge in [-0.3, -0.25) is 4.79 Å². The van der Waals surface area contributed by atoms with Gasteiger partial charge in [0.15, 0.2) is 17.2 Å². The number of methoxy groups -OCH3 is 1. The van der Waals surface area contributed by atoms with Crippen LogP contribution in [0, 0.1) is 17.1 Å². The van der Waals surface area contributed by atoms with Crippen LogP contribution < -0.4 is 20.1 Å². The van der Waals surface area contributed by atoms with Crippen LogP contribution in [0.15, 0.2) is 54.6 Å². The third-order valence-electron chi connectivity index (χ3n) is 8.25. The minimum Gasteiger partial charge on any atom is -0.494 e. The molecule has 3 aromatic rings. The molecule has 3 N–H and O–H groups in total. The Morgan fingerprint density at radius 2 is 1.88 bits per heavy atom. The number of nitrogens with zero attached hydrogens (tertiary/aromatic N) is 1. The van der Waals surface area contributed by atoms with Crippen molar-refractivity contribution in [1.82, 2.24) is 10.6 Å². The Morgan fingerprint density at radius 3 is 2.52 bits per heavy atom. The minimum absolute atomic E-state index is 0.0158. The molecular weight excluding hydrogens is 509 g/mol. The van der Waals surface area contributed by atoms with E-state index in [0.29, 0.717) is 29.8 Å². The Kier molecular flexibility index (Phi) is 7.54. The Hall–Kier alpha value is -3.93. The van der Waals surface area contributed by atoms with Crippen molar-refractivity contribution >= 4 is 5.91 Å². The topological polar surface area (TPSA) is 104 Å². The van der Waals surface area contributed by atoms with Gasteiger partial charge in [0.2, 0.25) is 0 Å². The lowest BCUT2D eigenvalue weighted by atomic mass is 9.82. The van der Waals surface area contributed by atoms with Crippen molar-refractivity contribution < 1.29 is 23.8 Å². The van der Waals surface area contributed by atoms with Crippen molar-refractivity contribution in [2.75, 3.05) is 20.7 Å². The molecule has 0 radical (unpaired) electrons. The van der Waals surface area contributed by atoms with Gasteiger partial charge < -0.3 is 25.2 Å². The van der Waals surface area contributed by atoms with Gasteiger partial charge in [-0.1, -0.05) is 30.3 Å². The lowest BCUT2D eigenvalue weighted by Crippen LogP contribution is -2.48. The van der Waals surface area contributed by atoms with Gasteiger partial charge in [-0.2, -0.15) is 5.26 Å². The van der Waals surface area contributed by atoms with Crippen LogP contribution >= 0.6 is 0 Å². The average molecular weight is 544 g/mol. The summed E-state index contributed by atoms with van der Waals surface area (Å²) in [5.74, 6) is -0.664. The molecule has 208 valence electrons. The molecule has 0 saturated heterocycles. The van der Waals surface area contributed by atoms with Crippen molar-refractivity contribution in [1.29, 1.82) is 5.26 Å². The normalized spacial score (nSPS) is 23.6. The van der Waals surface area contributed by atoms with Gasteiger partial charge in [-0.15, -0.1) is 0 Å². The van der Waals surface area contributed by atoms with Gasteiger partial charge in [0.25, 0.3) is 5.91 Å². The number of hydrogen-bond acceptors (Lipinski definition) is 6. The van der Waals surface area contributed by atoms with E-state index in [-0.39, 0.29) is 28.5 Å². The van der Waals surface area contributed by atoms with Crippen LogP contribution in [0.4, 0.5) is 4.39 Å². The highest BCUT2D eigenvalue weighted by atomic mass is 19.1. The van der Waals surface area contributed by atoms with E-state index in [2.05, 4.69) is 16.7 Å². The molecule has 0 spiro atoms. The molecule has 1 amide bonds. The van der Waals surface area contributed by atoms with E-state index in [1.165, 1.54) is 26.3 Å². The Bertz CT molecular complexity index is 1460. The SMILES string of the molecule is CNC(=O)c1ccc(OC)c(F)c1-c1c(C#N)ccc2c1C[C@@](CN[C@H]1CC[C@](C)(O)CC1)(c1ccccc1)O2. The van der Waals surface area contributed by atoms with Crippen LogP contribution in [-0.4, -0.2) is 43.4 Å². The molecule has 0 aromatic heterocycles. The first-order chi connectivity index (χ1) is 19.2. The molecule has 5 rings (SSSR count). The van der Waals surface area contributed by atoms with E-state index in [0.717, 1.165) is 31.2 Å². The summed E-state index contributed by atoms with van der Waals surface area (Å²) in [6, 6.07) is 18.6. The number of carbonyl (C=O) groups is 1. The highest BCUT2D eigenvalue weighted by Gasteiger charge is 2.44. The fraction of sp³-hybridized carbons (Fsp3) is 0.375. The van der Waals surface area contributed by atoms with Crippen LogP contribution in [0.5, 0.6) is 11.5 Å². The van der Waals surface area contributed by atoms with Gasteiger partial charge in [0, 0.05) is 42.7 Å². The number of rotatable bonds is 7. The smallest absolute Gasteiger partial charge is 0.251 e. The molecule has 2 aliphatic rings. The highest BCUT2D eigenvalue weighted by molar-refractivity contribution is 6.02. The molecule has 40 heavy (non-hydrogen) atoms. The summed E-state index contributed by atoms with van der Waals surface area (Å²) in [5, 5.41) is 26.7. The van der Waals surface area contributed by atoms with Crippen LogP contribution in [-0.2, 0) is 12.0 Å². The summed E-state index contributed by atoms with van der Waals surface area (Å²) in [6.45, 7) is 2.35. The number of carbonyl (C=O) groups excluding carboxylic acids is 1. The van der Waals surface area contributed by atoms with Gasteiger partial charge in [0.1, 0.15) is 5.75 Å². The number of benzene rings is 3. The highest BCUT2D eigenvalue weighted by Crippen LogP contribution is 2.48. The molecule has 1 fully saturated rings. The molecule has 7 nitrogen and oxygen atoms in total. The van der Waals surface area contributed by atoms with Crippen molar-refractivity contribution in [3.05, 3.63) is 82.7 Å². The second kappa shape index (κ2) is 10.9. The third kappa shape index (κ3) is 5.03. The van der Waals surface area contributed by atoms with Gasteiger partial charge >= 0.3 is 0 Å². The summed E-state index contributed by atoms with van der Waals surface area (Å²) in [4.78, 5) is 12.9. The number of nitriles is 1. The number of ether oxygens (including phenoxy) is 2. The number of amides is 1. The number of halogens is 1. The lowest BCUT2D eigenvalue weighted by molar-refractivity contribution is 0.0104. The predicted octanol–water partition coefficient (Wildman–Crippen LogP) is 4.85. The first kappa shape index (κ1) is 27.6. The van der Waals surface area contributed by atoms with E-state index in [1.807, 2.05) is 37.3 Å². The van der Waals surface area contributed by atoms with E-state index >= 15 is 4.39 Å². The molecular formula is C32H34FN3O4. The van der Waals surface area contributed by atoms with Gasteiger partial charge in [-0.05, 0) is 62.4 Å². The summed E-state index contributed by atoms with van der Waals surface area (Å²) in [5.41, 5.74) is 0.845. The molecule has 0 bridgehead atoms. The molecule has 1 heterocycles. The third-order valence-corrected chi connectivity index (χ3v) is 8.25. The maximum atomic E-state index is 16.0. The van der Waals surface area contributed by atoms with E-state index < -0.39 is 22.9 Å². The van der Waals surface area contributed by atoms with Crippen LogP contribution in [0.25, 0.3) is 11.1 Å². The predicted molar refractivity (Wildman–Crippen MR) is 150 cm³/mol. The Morgan fingerprint density at radius 1 is 1.15 bits per heavy atom. The first-order valence-electron chi connectivity index (χ1n) is 13.6. The van der Waals surface area contributed by atoms with Crippen molar-refractivity contribution in [2.45, 2.75) is 56.3 Å². The largest absolute Gasteiger partial charge is 0.494 e. The Balaban J connectivity index is 1.61. The second-order valence-electron chi connectivity index (χ2n) is 11.0. The van der Waals surface area contributed by atoms with Crippen LogP contribution in [0.3, 0.4) is 0 Å². The molecule has 1 aliphatic heterocycles. The number of hydrogen-bond donors (Lipinski definition) is 3. The molecule has 3 aromatic carbocycles. The minimum atomic E-state index is -0.824. The molecule has 0 unspecified atom stereocenters. The maximum Gasteiger partial charge on any atom is 0.251 e. The zero-order chi connectivity index (χ0) is 28.5. The zero-order valence-electron chi connectivity index (χ0n) is 23.0. The standard InChI is InChI=1S/C32H34FN3O4/c1-31(38)15-13-22(14-16-31)36-19-32(21-7-5-4-6-8-21)17-24-25(40-32)11-9-20(18-34)27(24)28-23(30(37)35-2)10-12-26(39-3)29(28)33/h4-12,22,36,38H,13-17,19H2,1-3H3,(H,35,37)/t22-,31-,32-/m1/s1. The number of nitrogens with one attached hydrogen (secondary N) is 2. The fourth-order valence-electron chi connectivity index (χ4n) is 5.95. The van der Waals surface area contributed by atoms with E-state index in [1.54, 1.807) is 12.1 Å². The number of fused-ring (bicyclic) bond motifs is 1. The maximum absolute atomic E-state index is 16.0. The lowest BCUT2D eigenvalue weighted by Gasteiger charge is -2.36. The van der Waals surface area contributed by atoms with E-state index in [9.17, 15) is 15.2 Å². The molecule has 8 heteroatoms. The summed E-state index contributed by atoms with van der Waals surface area (Å²) in [6.07, 6.45) is 3.49. The van der Waals surface area contributed by atoms with Crippen LogP contribution in [0.1, 0.15) is 59.7 Å². The quantitative estimate of drug-likeness (QED) is 0.394. The zero-order valence-corrected chi connectivity index (χ0v) is 23.0. The van der Waals surface area contributed by atoms with Crippen molar-refractivity contribution in [3.8, 4) is 28.7 Å². The second-order valence-corrected chi connectivity index (χ2v) is 11.0. The molecule has 1 saturated carbocycles. The fourth-order valence-corrected chi connectivity index (χ4v) is 5.95. The van der Waals surface area contributed by atoms with Crippen molar-refractivity contribution in [2.24, 2.45) is 0 Å². The molecule has 1 atom stereocenters. The number of aliphatic hydroxyl groups is 1.